The van der Waals surface area contributed by atoms with Crippen molar-refractivity contribution in [1.82, 2.24) is 20.4 Å². The number of alkyl halides is 3. The van der Waals surface area contributed by atoms with Crippen LogP contribution in [-0.4, -0.2) is 65.0 Å². The van der Waals surface area contributed by atoms with E-state index in [1.807, 2.05) is 44.2 Å². The van der Waals surface area contributed by atoms with Crippen molar-refractivity contribution in [2.75, 3.05) is 26.3 Å². The first-order chi connectivity index (χ1) is 17.9. The van der Waals surface area contributed by atoms with E-state index in [0.717, 1.165) is 5.56 Å². The number of carbonyl (C=O) groups is 3. The van der Waals surface area contributed by atoms with Gasteiger partial charge in [0.25, 0.3) is 0 Å². The van der Waals surface area contributed by atoms with Crippen LogP contribution >= 0.6 is 0 Å². The number of ketones is 1. The van der Waals surface area contributed by atoms with Gasteiger partial charge in [-0.1, -0.05) is 56.3 Å². The van der Waals surface area contributed by atoms with E-state index < -0.39 is 41.5 Å². The summed E-state index contributed by atoms with van der Waals surface area (Å²) >= 11 is 0. The van der Waals surface area contributed by atoms with Crippen molar-refractivity contribution in [3.8, 4) is 0 Å². The summed E-state index contributed by atoms with van der Waals surface area (Å²) in [6, 6.07) is 8.56. The van der Waals surface area contributed by atoms with Gasteiger partial charge in [-0.25, -0.2) is 0 Å². The number of carbonyl (C=O) groups excluding carboxylic acids is 3. The van der Waals surface area contributed by atoms with Gasteiger partial charge in [0.2, 0.25) is 23.4 Å². The number of hydrogen-bond donors (Lipinski definition) is 1. The highest BCUT2D eigenvalue weighted by Crippen LogP contribution is 2.32. The Labute approximate surface area is 219 Å². The first-order valence-electron chi connectivity index (χ1n) is 12.5. The molecule has 0 spiro atoms. The van der Waals surface area contributed by atoms with E-state index in [0.29, 0.717) is 39.1 Å². The molecule has 0 aliphatic carbocycles. The first kappa shape index (κ1) is 29.3. The SMILES string of the molecule is CCC(NC(=O)C(CC(=O)N1CCOCC1)CC(C)(C)Cc1ccccc1)C(=O)c1noc(C(F)(F)F)n1. The molecule has 12 heteroatoms. The van der Waals surface area contributed by atoms with E-state index in [9.17, 15) is 27.6 Å². The van der Waals surface area contributed by atoms with Crippen molar-refractivity contribution in [3.63, 3.8) is 0 Å². The molecule has 1 N–H and O–H groups in total. The van der Waals surface area contributed by atoms with E-state index in [1.165, 1.54) is 0 Å². The Bertz CT molecular complexity index is 1100. The van der Waals surface area contributed by atoms with Crippen LogP contribution < -0.4 is 5.32 Å². The number of Topliss-reactive ketones (excluding diaryl/α,β-unsaturated/α-hetero) is 1. The molecule has 9 nitrogen and oxygen atoms in total. The lowest BCUT2D eigenvalue weighted by molar-refractivity contribution is -0.159. The number of morpholine rings is 1. The minimum absolute atomic E-state index is 0.0743. The Morgan fingerprint density at radius 2 is 1.76 bits per heavy atom. The molecule has 2 heterocycles. The van der Waals surface area contributed by atoms with Gasteiger partial charge in [-0.2, -0.15) is 18.2 Å². The molecule has 1 aliphatic heterocycles. The van der Waals surface area contributed by atoms with E-state index in [2.05, 4.69) is 20.0 Å². The molecule has 0 radical (unpaired) electrons. The molecule has 208 valence electrons. The van der Waals surface area contributed by atoms with Gasteiger partial charge in [-0.15, -0.1) is 0 Å². The van der Waals surface area contributed by atoms with Crippen LogP contribution in [0.4, 0.5) is 13.2 Å². The van der Waals surface area contributed by atoms with Crippen molar-refractivity contribution in [3.05, 3.63) is 47.6 Å². The summed E-state index contributed by atoms with van der Waals surface area (Å²) in [7, 11) is 0. The summed E-state index contributed by atoms with van der Waals surface area (Å²) in [6.45, 7) is 7.28. The van der Waals surface area contributed by atoms with Crippen molar-refractivity contribution in [2.24, 2.45) is 11.3 Å². The van der Waals surface area contributed by atoms with Crippen molar-refractivity contribution >= 4 is 17.6 Å². The standard InChI is InChI=1S/C26H33F3N4O5/c1-4-19(21(35)22-31-24(38-32-22)26(27,28)29)30-23(36)18(14-20(34)33-10-12-37-13-11-33)16-25(2,3)15-17-8-6-5-7-9-17/h5-9,18-19H,4,10-16H2,1-3H3,(H,30,36). The molecule has 1 saturated heterocycles. The van der Waals surface area contributed by atoms with Crippen molar-refractivity contribution < 1.29 is 36.8 Å². The average Bonchev–Trinajstić information content (AvgIpc) is 3.38. The molecule has 1 aliphatic rings. The number of rotatable bonds is 11. The summed E-state index contributed by atoms with van der Waals surface area (Å²) in [5, 5.41) is 5.76. The van der Waals surface area contributed by atoms with Crippen LogP contribution in [0.25, 0.3) is 0 Å². The molecule has 2 atom stereocenters. The lowest BCUT2D eigenvalue weighted by Crippen LogP contribution is -2.47. The maximum atomic E-state index is 13.5. The van der Waals surface area contributed by atoms with Crippen LogP contribution in [-0.2, 0) is 26.9 Å². The Balaban J connectivity index is 1.76. The molecule has 0 bridgehead atoms. The predicted molar refractivity (Wildman–Crippen MR) is 130 cm³/mol. The van der Waals surface area contributed by atoms with Crippen LogP contribution in [0.2, 0.25) is 0 Å². The third kappa shape index (κ3) is 8.11. The van der Waals surface area contributed by atoms with Crippen LogP contribution in [0.3, 0.4) is 0 Å². The Morgan fingerprint density at radius 1 is 1.11 bits per heavy atom. The molecule has 1 fully saturated rings. The minimum Gasteiger partial charge on any atom is -0.378 e. The first-order valence-corrected chi connectivity index (χ1v) is 12.5. The number of benzene rings is 1. The molecule has 2 aromatic rings. The number of aromatic nitrogens is 2. The zero-order valence-corrected chi connectivity index (χ0v) is 21.7. The number of nitrogens with zero attached hydrogens (tertiary/aromatic N) is 3. The molecule has 1 aromatic carbocycles. The normalized spacial score (nSPS) is 16.1. The fourth-order valence-corrected chi connectivity index (χ4v) is 4.53. The van der Waals surface area contributed by atoms with Gasteiger partial charge in [-0.3, -0.25) is 14.4 Å². The molecule has 38 heavy (non-hydrogen) atoms. The quantitative estimate of drug-likeness (QED) is 0.434. The third-order valence-electron chi connectivity index (χ3n) is 6.41. The van der Waals surface area contributed by atoms with Gasteiger partial charge < -0.3 is 19.5 Å². The molecule has 0 saturated carbocycles. The second-order valence-electron chi connectivity index (χ2n) is 10.2. The zero-order valence-electron chi connectivity index (χ0n) is 21.7. The second kappa shape index (κ2) is 12.5. The lowest BCUT2D eigenvalue weighted by atomic mass is 9.76. The predicted octanol–water partition coefficient (Wildman–Crippen LogP) is 3.69. The molecule has 3 rings (SSSR count). The Morgan fingerprint density at radius 3 is 2.34 bits per heavy atom. The van der Waals surface area contributed by atoms with E-state index >= 15 is 0 Å². The van der Waals surface area contributed by atoms with Crippen LogP contribution in [0.15, 0.2) is 34.9 Å². The van der Waals surface area contributed by atoms with Gasteiger partial charge >= 0.3 is 12.1 Å². The van der Waals surface area contributed by atoms with Gasteiger partial charge in [0.05, 0.1) is 19.3 Å². The van der Waals surface area contributed by atoms with Gasteiger partial charge in [0.15, 0.2) is 0 Å². The van der Waals surface area contributed by atoms with Crippen LogP contribution in [0.5, 0.6) is 0 Å². The number of amides is 2. The highest BCUT2D eigenvalue weighted by Gasteiger charge is 2.40. The van der Waals surface area contributed by atoms with Crippen molar-refractivity contribution in [1.29, 1.82) is 0 Å². The zero-order chi connectivity index (χ0) is 27.9. The fraction of sp³-hybridized carbons (Fsp3) is 0.577. The fourth-order valence-electron chi connectivity index (χ4n) is 4.53. The minimum atomic E-state index is -4.90. The summed E-state index contributed by atoms with van der Waals surface area (Å²) in [4.78, 5) is 44.1. The Hall–Kier alpha value is -3.28. The maximum Gasteiger partial charge on any atom is 0.471 e. The monoisotopic (exact) mass is 538 g/mol. The van der Waals surface area contributed by atoms with E-state index in [1.54, 1.807) is 11.8 Å². The Kier molecular flexibility index (Phi) is 9.64. The number of hydrogen-bond acceptors (Lipinski definition) is 7. The highest BCUT2D eigenvalue weighted by atomic mass is 19.4. The van der Waals surface area contributed by atoms with Crippen molar-refractivity contribution in [2.45, 2.75) is 58.7 Å². The largest absolute Gasteiger partial charge is 0.471 e. The smallest absolute Gasteiger partial charge is 0.378 e. The highest BCUT2D eigenvalue weighted by molar-refractivity contribution is 5.99. The summed E-state index contributed by atoms with van der Waals surface area (Å²) in [5.41, 5.74) is 0.700. The topological polar surface area (TPSA) is 115 Å². The second-order valence-corrected chi connectivity index (χ2v) is 10.2. The number of ether oxygens (including phenoxy) is 1. The van der Waals surface area contributed by atoms with E-state index in [-0.39, 0.29) is 24.2 Å². The summed E-state index contributed by atoms with van der Waals surface area (Å²) < 4.78 is 48.0. The van der Waals surface area contributed by atoms with Gasteiger partial charge in [-0.05, 0) is 30.2 Å². The lowest BCUT2D eigenvalue weighted by Gasteiger charge is -2.32. The number of nitrogens with one attached hydrogen (secondary N) is 1. The molecule has 1 aromatic heterocycles. The summed E-state index contributed by atoms with van der Waals surface area (Å²) in [6.07, 6.45) is -3.89. The maximum absolute atomic E-state index is 13.5. The van der Waals surface area contributed by atoms with Gasteiger partial charge in [0, 0.05) is 25.4 Å². The van der Waals surface area contributed by atoms with Crippen LogP contribution in [0.1, 0.15) is 62.1 Å². The molecular formula is C26H33F3N4O5. The third-order valence-corrected chi connectivity index (χ3v) is 6.41. The van der Waals surface area contributed by atoms with E-state index in [4.69, 9.17) is 4.74 Å². The van der Waals surface area contributed by atoms with Gasteiger partial charge in [0.1, 0.15) is 0 Å². The average molecular weight is 539 g/mol. The number of halogens is 3. The van der Waals surface area contributed by atoms with Crippen LogP contribution in [0, 0.1) is 11.3 Å². The molecule has 2 unspecified atom stereocenters. The molecular weight excluding hydrogens is 505 g/mol. The molecule has 2 amide bonds. The summed E-state index contributed by atoms with van der Waals surface area (Å²) in [5.74, 6) is -4.82.